The fraction of sp³-hybridized carbons (Fsp3) is 0.211. The molecule has 0 unspecified atom stereocenters. The zero-order valence-electron chi connectivity index (χ0n) is 13.0. The summed E-state index contributed by atoms with van der Waals surface area (Å²) in [6.45, 7) is 1.31. The molecule has 0 N–H and O–H groups in total. The SMILES string of the molecule is COCCOc1cccc(C=C2COc3ccccc3C2=O)c1. The van der Waals surface area contributed by atoms with Crippen LogP contribution in [0.15, 0.2) is 54.1 Å². The Balaban J connectivity index is 1.80. The molecule has 23 heavy (non-hydrogen) atoms. The summed E-state index contributed by atoms with van der Waals surface area (Å²) in [5.74, 6) is 1.41. The smallest absolute Gasteiger partial charge is 0.196 e. The highest BCUT2D eigenvalue weighted by atomic mass is 16.5. The van der Waals surface area contributed by atoms with Gasteiger partial charge in [-0.05, 0) is 35.9 Å². The highest BCUT2D eigenvalue weighted by Crippen LogP contribution is 2.28. The maximum atomic E-state index is 12.5. The Morgan fingerprint density at radius 1 is 1.13 bits per heavy atom. The van der Waals surface area contributed by atoms with E-state index >= 15 is 0 Å². The minimum absolute atomic E-state index is 0.0116. The molecule has 0 atom stereocenters. The van der Waals surface area contributed by atoms with E-state index in [-0.39, 0.29) is 12.4 Å². The van der Waals surface area contributed by atoms with E-state index in [9.17, 15) is 4.79 Å². The maximum absolute atomic E-state index is 12.5. The number of carbonyl (C=O) groups is 1. The molecule has 1 heterocycles. The number of benzene rings is 2. The number of rotatable bonds is 5. The van der Waals surface area contributed by atoms with Gasteiger partial charge in [0.2, 0.25) is 0 Å². The van der Waals surface area contributed by atoms with Gasteiger partial charge in [0.15, 0.2) is 5.78 Å². The molecule has 0 amide bonds. The minimum atomic E-state index is 0.0116. The van der Waals surface area contributed by atoms with E-state index in [0.29, 0.717) is 30.1 Å². The molecule has 0 radical (unpaired) electrons. The van der Waals surface area contributed by atoms with Crippen molar-refractivity contribution >= 4 is 11.9 Å². The third-order valence-corrected chi connectivity index (χ3v) is 3.56. The fourth-order valence-electron chi connectivity index (χ4n) is 2.42. The monoisotopic (exact) mass is 310 g/mol. The molecule has 0 saturated heterocycles. The first-order valence-electron chi connectivity index (χ1n) is 7.47. The molecule has 0 saturated carbocycles. The number of methoxy groups -OCH3 is 1. The first kappa shape index (κ1) is 15.3. The van der Waals surface area contributed by atoms with E-state index in [1.807, 2.05) is 48.5 Å². The highest BCUT2D eigenvalue weighted by molar-refractivity contribution is 6.14. The lowest BCUT2D eigenvalue weighted by Gasteiger charge is -2.18. The summed E-state index contributed by atoms with van der Waals surface area (Å²) in [6, 6.07) is 14.9. The van der Waals surface area contributed by atoms with Crippen LogP contribution in [0.1, 0.15) is 15.9 Å². The molecule has 2 aromatic rings. The molecule has 0 spiro atoms. The summed E-state index contributed by atoms with van der Waals surface area (Å²) >= 11 is 0. The van der Waals surface area contributed by atoms with E-state index < -0.39 is 0 Å². The maximum Gasteiger partial charge on any atom is 0.196 e. The number of fused-ring (bicyclic) bond motifs is 1. The third kappa shape index (κ3) is 3.60. The number of para-hydroxylation sites is 1. The van der Waals surface area contributed by atoms with Gasteiger partial charge in [0.25, 0.3) is 0 Å². The number of carbonyl (C=O) groups excluding carboxylic acids is 1. The largest absolute Gasteiger partial charge is 0.491 e. The zero-order valence-corrected chi connectivity index (χ0v) is 13.0. The lowest BCUT2D eigenvalue weighted by Crippen LogP contribution is -2.18. The average Bonchev–Trinajstić information content (AvgIpc) is 2.58. The summed E-state index contributed by atoms with van der Waals surface area (Å²) in [4.78, 5) is 12.5. The van der Waals surface area contributed by atoms with Crippen LogP contribution >= 0.6 is 0 Å². The number of Topliss-reactive ketones (excluding diaryl/α,β-unsaturated/α-hetero) is 1. The van der Waals surface area contributed by atoms with Crippen LogP contribution in [0.3, 0.4) is 0 Å². The molecule has 1 aliphatic heterocycles. The number of ketones is 1. The highest BCUT2D eigenvalue weighted by Gasteiger charge is 2.22. The first-order valence-corrected chi connectivity index (χ1v) is 7.47. The Bertz CT molecular complexity index is 734. The molecule has 4 nitrogen and oxygen atoms in total. The third-order valence-electron chi connectivity index (χ3n) is 3.56. The van der Waals surface area contributed by atoms with Gasteiger partial charge in [-0.15, -0.1) is 0 Å². The van der Waals surface area contributed by atoms with Gasteiger partial charge >= 0.3 is 0 Å². The Morgan fingerprint density at radius 2 is 2.00 bits per heavy atom. The molecule has 0 aromatic heterocycles. The molecule has 118 valence electrons. The van der Waals surface area contributed by atoms with Crippen LogP contribution < -0.4 is 9.47 Å². The van der Waals surface area contributed by atoms with Gasteiger partial charge in [0.05, 0.1) is 12.2 Å². The number of ether oxygens (including phenoxy) is 3. The van der Waals surface area contributed by atoms with Gasteiger partial charge in [-0.25, -0.2) is 0 Å². The topological polar surface area (TPSA) is 44.8 Å². The summed E-state index contributed by atoms with van der Waals surface area (Å²) < 4.78 is 16.2. The summed E-state index contributed by atoms with van der Waals surface area (Å²) in [7, 11) is 1.64. The number of hydrogen-bond acceptors (Lipinski definition) is 4. The Hall–Kier alpha value is -2.59. The van der Waals surface area contributed by atoms with Crippen molar-refractivity contribution in [3.8, 4) is 11.5 Å². The van der Waals surface area contributed by atoms with Gasteiger partial charge in [0, 0.05) is 12.7 Å². The van der Waals surface area contributed by atoms with Crippen molar-refractivity contribution in [2.75, 3.05) is 26.9 Å². The quantitative estimate of drug-likeness (QED) is 0.627. The predicted molar refractivity (Wildman–Crippen MR) is 88.1 cm³/mol. The second kappa shape index (κ2) is 7.11. The van der Waals surface area contributed by atoms with Gasteiger partial charge in [-0.3, -0.25) is 4.79 Å². The van der Waals surface area contributed by atoms with Crippen LogP contribution in [0.4, 0.5) is 0 Å². The van der Waals surface area contributed by atoms with Gasteiger partial charge in [0.1, 0.15) is 24.7 Å². The molecular formula is C19H18O4. The molecule has 0 bridgehead atoms. The number of hydrogen-bond donors (Lipinski definition) is 0. The molecular weight excluding hydrogens is 292 g/mol. The normalized spacial score (nSPS) is 15.2. The first-order chi connectivity index (χ1) is 11.3. The van der Waals surface area contributed by atoms with E-state index in [4.69, 9.17) is 14.2 Å². The van der Waals surface area contributed by atoms with Crippen LogP contribution in [0, 0.1) is 0 Å². The van der Waals surface area contributed by atoms with Crippen molar-refractivity contribution in [1.29, 1.82) is 0 Å². The van der Waals surface area contributed by atoms with Gasteiger partial charge < -0.3 is 14.2 Å². The van der Waals surface area contributed by atoms with Gasteiger partial charge in [-0.1, -0.05) is 24.3 Å². The van der Waals surface area contributed by atoms with E-state index in [1.165, 1.54) is 0 Å². The standard InChI is InChI=1S/C19H18O4/c1-21-9-10-22-16-6-4-5-14(12-16)11-15-13-23-18-8-3-2-7-17(18)19(15)20/h2-8,11-12H,9-10,13H2,1H3. The van der Waals surface area contributed by atoms with Crippen molar-refractivity contribution in [3.63, 3.8) is 0 Å². The molecule has 2 aromatic carbocycles. The second-order valence-electron chi connectivity index (χ2n) is 5.20. The van der Waals surface area contributed by atoms with Crippen LogP contribution in [0.2, 0.25) is 0 Å². The van der Waals surface area contributed by atoms with Crippen molar-refractivity contribution in [2.24, 2.45) is 0 Å². The van der Waals surface area contributed by atoms with Crippen molar-refractivity contribution in [1.82, 2.24) is 0 Å². The predicted octanol–water partition coefficient (Wildman–Crippen LogP) is 3.37. The molecule has 0 aliphatic carbocycles. The van der Waals surface area contributed by atoms with Crippen LogP contribution in [-0.2, 0) is 4.74 Å². The lowest BCUT2D eigenvalue weighted by molar-refractivity contribution is 0.100. The van der Waals surface area contributed by atoms with Crippen molar-refractivity contribution in [3.05, 3.63) is 65.2 Å². The Kier molecular flexibility index (Phi) is 4.74. The molecule has 3 rings (SSSR count). The van der Waals surface area contributed by atoms with E-state index in [0.717, 1.165) is 11.3 Å². The molecule has 1 aliphatic rings. The molecule has 4 heteroatoms. The van der Waals surface area contributed by atoms with Gasteiger partial charge in [-0.2, -0.15) is 0 Å². The van der Waals surface area contributed by atoms with Crippen molar-refractivity contribution in [2.45, 2.75) is 0 Å². The summed E-state index contributed by atoms with van der Waals surface area (Å²) in [5, 5.41) is 0. The fourth-order valence-corrected chi connectivity index (χ4v) is 2.42. The average molecular weight is 310 g/mol. The van der Waals surface area contributed by atoms with E-state index in [2.05, 4.69) is 0 Å². The lowest BCUT2D eigenvalue weighted by atomic mass is 9.98. The zero-order chi connectivity index (χ0) is 16.1. The second-order valence-corrected chi connectivity index (χ2v) is 5.20. The summed E-state index contributed by atoms with van der Waals surface area (Å²) in [5.41, 5.74) is 2.15. The van der Waals surface area contributed by atoms with Crippen LogP contribution in [0.25, 0.3) is 6.08 Å². The summed E-state index contributed by atoms with van der Waals surface area (Å²) in [6.07, 6.45) is 1.85. The van der Waals surface area contributed by atoms with E-state index in [1.54, 1.807) is 13.2 Å². The van der Waals surface area contributed by atoms with Crippen LogP contribution in [-0.4, -0.2) is 32.7 Å². The van der Waals surface area contributed by atoms with Crippen molar-refractivity contribution < 1.29 is 19.0 Å². The Morgan fingerprint density at radius 3 is 2.87 bits per heavy atom. The Labute approximate surface area is 135 Å². The molecule has 0 fully saturated rings. The minimum Gasteiger partial charge on any atom is -0.491 e. The van der Waals surface area contributed by atoms with Crippen LogP contribution in [0.5, 0.6) is 11.5 Å².